The molecule has 29 heavy (non-hydrogen) atoms. The molecule has 0 aliphatic rings. The van der Waals surface area contributed by atoms with E-state index < -0.39 is 5.97 Å². The lowest BCUT2D eigenvalue weighted by Crippen LogP contribution is -2.13. The molecule has 0 spiro atoms. The Morgan fingerprint density at radius 2 is 1.90 bits per heavy atom. The van der Waals surface area contributed by atoms with Crippen molar-refractivity contribution >= 4 is 28.6 Å². The highest BCUT2D eigenvalue weighted by Gasteiger charge is 2.15. The van der Waals surface area contributed by atoms with Gasteiger partial charge in [-0.05, 0) is 43.3 Å². The number of rotatable bonds is 4. The van der Waals surface area contributed by atoms with Crippen molar-refractivity contribution in [2.24, 2.45) is 0 Å². The van der Waals surface area contributed by atoms with Crippen LogP contribution in [-0.4, -0.2) is 38.7 Å². The van der Waals surface area contributed by atoms with Crippen molar-refractivity contribution < 1.29 is 14.3 Å². The first kappa shape index (κ1) is 18.3. The Balaban J connectivity index is 1.64. The number of pyridine rings is 2. The predicted molar refractivity (Wildman–Crippen MR) is 107 cm³/mol. The molecule has 144 valence electrons. The predicted octanol–water partition coefficient (Wildman–Crippen LogP) is 3.16. The van der Waals surface area contributed by atoms with E-state index in [-0.39, 0.29) is 5.91 Å². The summed E-state index contributed by atoms with van der Waals surface area (Å²) >= 11 is 0. The van der Waals surface area contributed by atoms with Crippen molar-refractivity contribution in [1.82, 2.24) is 19.7 Å². The Labute approximate surface area is 166 Å². The quantitative estimate of drug-likeness (QED) is 0.540. The van der Waals surface area contributed by atoms with E-state index in [1.807, 2.05) is 25.1 Å². The molecule has 8 heteroatoms. The summed E-state index contributed by atoms with van der Waals surface area (Å²) in [5, 5.41) is 8.02. The number of hydrogen-bond acceptors (Lipinski definition) is 6. The SMILES string of the molecule is COC(=O)c1cccc(NC(=O)c2cnc3c(c2)c(C)nn3-c2ccccn2)c1. The molecule has 0 atom stereocenters. The molecular weight excluding hydrogens is 370 g/mol. The van der Waals surface area contributed by atoms with Crippen molar-refractivity contribution in [2.75, 3.05) is 12.4 Å². The number of nitrogens with one attached hydrogen (secondary N) is 1. The molecule has 8 nitrogen and oxygen atoms in total. The highest BCUT2D eigenvalue weighted by atomic mass is 16.5. The molecule has 0 radical (unpaired) electrons. The van der Waals surface area contributed by atoms with E-state index in [9.17, 15) is 9.59 Å². The number of methoxy groups -OCH3 is 1. The van der Waals surface area contributed by atoms with Gasteiger partial charge in [-0.2, -0.15) is 9.78 Å². The fourth-order valence-corrected chi connectivity index (χ4v) is 2.95. The van der Waals surface area contributed by atoms with Gasteiger partial charge in [0.2, 0.25) is 0 Å². The summed E-state index contributed by atoms with van der Waals surface area (Å²) in [6.07, 6.45) is 3.17. The number of amides is 1. The van der Waals surface area contributed by atoms with Gasteiger partial charge >= 0.3 is 5.97 Å². The van der Waals surface area contributed by atoms with Crippen LogP contribution >= 0.6 is 0 Å². The zero-order chi connectivity index (χ0) is 20.4. The highest BCUT2D eigenvalue weighted by Crippen LogP contribution is 2.21. The van der Waals surface area contributed by atoms with Crippen molar-refractivity contribution in [3.8, 4) is 5.82 Å². The molecule has 4 rings (SSSR count). The largest absolute Gasteiger partial charge is 0.465 e. The van der Waals surface area contributed by atoms with Gasteiger partial charge in [-0.1, -0.05) is 12.1 Å². The average Bonchev–Trinajstić information content (AvgIpc) is 3.10. The molecule has 3 heterocycles. The molecule has 0 saturated heterocycles. The van der Waals surface area contributed by atoms with Gasteiger partial charge in [-0.3, -0.25) is 4.79 Å². The molecular formula is C21H17N5O3. The zero-order valence-electron chi connectivity index (χ0n) is 15.8. The van der Waals surface area contributed by atoms with Crippen LogP contribution in [0.15, 0.2) is 60.9 Å². The van der Waals surface area contributed by atoms with E-state index >= 15 is 0 Å². The number of esters is 1. The molecule has 1 aromatic carbocycles. The van der Waals surface area contributed by atoms with Crippen LogP contribution < -0.4 is 5.32 Å². The van der Waals surface area contributed by atoms with Crippen LogP contribution in [0.2, 0.25) is 0 Å². The Hall–Kier alpha value is -4.07. The lowest BCUT2D eigenvalue weighted by atomic mass is 10.1. The van der Waals surface area contributed by atoms with Crippen molar-refractivity contribution in [3.63, 3.8) is 0 Å². The monoisotopic (exact) mass is 387 g/mol. The molecule has 3 aromatic heterocycles. The first-order valence-electron chi connectivity index (χ1n) is 8.83. The summed E-state index contributed by atoms with van der Waals surface area (Å²) in [7, 11) is 1.31. The smallest absolute Gasteiger partial charge is 0.337 e. The Morgan fingerprint density at radius 1 is 1.03 bits per heavy atom. The van der Waals surface area contributed by atoms with Crippen LogP contribution in [0.3, 0.4) is 0 Å². The standard InChI is InChI=1S/C21H17N5O3/c1-13-17-11-15(12-23-19(17)26(25-13)18-8-3-4-9-22-18)20(27)24-16-7-5-6-14(10-16)21(28)29-2/h3-12H,1-2H3,(H,24,27). The van der Waals surface area contributed by atoms with Gasteiger partial charge in [0.1, 0.15) is 0 Å². The summed E-state index contributed by atoms with van der Waals surface area (Å²) in [5.41, 5.74) is 2.57. The van der Waals surface area contributed by atoms with Crippen molar-refractivity contribution in [3.05, 3.63) is 77.7 Å². The first-order chi connectivity index (χ1) is 14.1. The molecule has 0 fully saturated rings. The van der Waals surface area contributed by atoms with E-state index in [0.29, 0.717) is 28.3 Å². The van der Waals surface area contributed by atoms with Crippen LogP contribution in [0, 0.1) is 6.92 Å². The number of aryl methyl sites for hydroxylation is 1. The van der Waals surface area contributed by atoms with E-state index in [2.05, 4.69) is 20.4 Å². The number of benzene rings is 1. The maximum Gasteiger partial charge on any atom is 0.337 e. The summed E-state index contributed by atoms with van der Waals surface area (Å²) < 4.78 is 6.35. The second-order valence-corrected chi connectivity index (χ2v) is 6.31. The van der Waals surface area contributed by atoms with Gasteiger partial charge in [0.25, 0.3) is 5.91 Å². The third kappa shape index (κ3) is 3.55. The second kappa shape index (κ2) is 7.51. The van der Waals surface area contributed by atoms with E-state index in [0.717, 1.165) is 11.1 Å². The lowest BCUT2D eigenvalue weighted by molar-refractivity contribution is 0.0600. The van der Waals surface area contributed by atoms with Crippen LogP contribution in [0.5, 0.6) is 0 Å². The van der Waals surface area contributed by atoms with Gasteiger partial charge in [-0.15, -0.1) is 0 Å². The topological polar surface area (TPSA) is 99.0 Å². The number of anilines is 1. The normalized spacial score (nSPS) is 10.7. The van der Waals surface area contributed by atoms with Gasteiger partial charge in [0.15, 0.2) is 11.5 Å². The van der Waals surface area contributed by atoms with Gasteiger partial charge in [0, 0.05) is 23.5 Å². The van der Waals surface area contributed by atoms with Crippen molar-refractivity contribution in [2.45, 2.75) is 6.92 Å². The number of nitrogens with zero attached hydrogens (tertiary/aromatic N) is 4. The molecule has 4 aromatic rings. The summed E-state index contributed by atoms with van der Waals surface area (Å²) in [6, 6.07) is 13.8. The van der Waals surface area contributed by atoms with Crippen LogP contribution in [-0.2, 0) is 4.74 Å². The average molecular weight is 387 g/mol. The Kier molecular flexibility index (Phi) is 4.74. The maximum atomic E-state index is 12.7. The minimum absolute atomic E-state index is 0.341. The third-order valence-corrected chi connectivity index (χ3v) is 4.38. The minimum atomic E-state index is -0.471. The molecule has 1 N–H and O–H groups in total. The van der Waals surface area contributed by atoms with Gasteiger partial charge in [0.05, 0.1) is 23.9 Å². The number of carbonyl (C=O) groups excluding carboxylic acids is 2. The molecule has 0 bridgehead atoms. The number of ether oxygens (including phenoxy) is 1. The molecule has 1 amide bonds. The van der Waals surface area contributed by atoms with Crippen LogP contribution in [0.1, 0.15) is 26.4 Å². The first-order valence-corrected chi connectivity index (χ1v) is 8.83. The van der Waals surface area contributed by atoms with Crippen molar-refractivity contribution in [1.29, 1.82) is 0 Å². The summed E-state index contributed by atoms with van der Waals surface area (Å²) in [4.78, 5) is 33.1. The van der Waals surface area contributed by atoms with Crippen LogP contribution in [0.25, 0.3) is 16.9 Å². The van der Waals surface area contributed by atoms with Gasteiger partial charge < -0.3 is 10.1 Å². The second-order valence-electron chi connectivity index (χ2n) is 6.31. The Bertz CT molecular complexity index is 1220. The lowest BCUT2D eigenvalue weighted by Gasteiger charge is -2.07. The van der Waals surface area contributed by atoms with Crippen LogP contribution in [0.4, 0.5) is 5.69 Å². The molecule has 0 aliphatic heterocycles. The molecule has 0 unspecified atom stereocenters. The number of fused-ring (bicyclic) bond motifs is 1. The van der Waals surface area contributed by atoms with E-state index in [1.54, 1.807) is 41.2 Å². The fraction of sp³-hybridized carbons (Fsp3) is 0.0952. The summed E-state index contributed by atoms with van der Waals surface area (Å²) in [5.74, 6) is -0.164. The highest BCUT2D eigenvalue weighted by molar-refractivity contribution is 6.06. The fourth-order valence-electron chi connectivity index (χ4n) is 2.95. The summed E-state index contributed by atoms with van der Waals surface area (Å²) in [6.45, 7) is 1.85. The molecule has 0 aliphatic carbocycles. The molecule has 0 saturated carbocycles. The number of hydrogen-bond donors (Lipinski definition) is 1. The number of carbonyl (C=O) groups is 2. The van der Waals surface area contributed by atoms with E-state index in [1.165, 1.54) is 13.3 Å². The Morgan fingerprint density at radius 3 is 2.66 bits per heavy atom. The minimum Gasteiger partial charge on any atom is -0.465 e. The third-order valence-electron chi connectivity index (χ3n) is 4.38. The van der Waals surface area contributed by atoms with Gasteiger partial charge in [-0.25, -0.2) is 14.8 Å². The van der Waals surface area contributed by atoms with E-state index in [4.69, 9.17) is 4.74 Å². The zero-order valence-corrected chi connectivity index (χ0v) is 15.8. The maximum absolute atomic E-state index is 12.7. The number of aromatic nitrogens is 4.